The fraction of sp³-hybridized carbons (Fsp3) is 0.600. The van der Waals surface area contributed by atoms with Crippen molar-refractivity contribution in [2.75, 3.05) is 12.5 Å². The molecule has 0 aliphatic heterocycles. The number of halogens is 1. The first-order valence-corrected chi connectivity index (χ1v) is 6.93. The van der Waals surface area contributed by atoms with Crippen molar-refractivity contribution in [3.05, 3.63) is 29.8 Å². The Kier molecular flexibility index (Phi) is 5.84. The minimum atomic E-state index is 0.247. The Labute approximate surface area is 110 Å². The number of benzene rings is 1. The molecule has 0 unspecified atom stereocenters. The summed E-state index contributed by atoms with van der Waals surface area (Å²) >= 11 is 5.61. The predicted molar refractivity (Wildman–Crippen MR) is 75.2 cm³/mol. The van der Waals surface area contributed by atoms with Gasteiger partial charge in [-0.3, -0.25) is 0 Å². The van der Waals surface area contributed by atoms with E-state index in [0.717, 1.165) is 31.6 Å². The normalized spacial score (nSPS) is 11.5. The van der Waals surface area contributed by atoms with Crippen molar-refractivity contribution in [1.82, 2.24) is 0 Å². The summed E-state index contributed by atoms with van der Waals surface area (Å²) in [6.45, 7) is 7.51. The van der Waals surface area contributed by atoms with Gasteiger partial charge in [-0.2, -0.15) is 0 Å². The molecule has 0 spiro atoms. The number of unbranched alkanes of at least 4 members (excludes halogenated alkanes) is 1. The van der Waals surface area contributed by atoms with Gasteiger partial charge >= 0.3 is 0 Å². The van der Waals surface area contributed by atoms with Crippen LogP contribution in [0.2, 0.25) is 0 Å². The molecule has 0 aromatic heterocycles. The van der Waals surface area contributed by atoms with E-state index in [2.05, 4.69) is 45.0 Å². The summed E-state index contributed by atoms with van der Waals surface area (Å²) in [5, 5.41) is 0. The number of ether oxygens (including phenoxy) is 1. The van der Waals surface area contributed by atoms with Gasteiger partial charge in [-0.05, 0) is 42.4 Å². The zero-order valence-corrected chi connectivity index (χ0v) is 11.9. The van der Waals surface area contributed by atoms with Gasteiger partial charge in [-0.25, -0.2) is 0 Å². The second-order valence-corrected chi connectivity index (χ2v) is 5.38. The van der Waals surface area contributed by atoms with Crippen LogP contribution in [0, 0.1) is 0 Å². The third-order valence-electron chi connectivity index (χ3n) is 3.32. The molecule has 1 aromatic carbocycles. The molecule has 17 heavy (non-hydrogen) atoms. The van der Waals surface area contributed by atoms with Gasteiger partial charge in [0.05, 0.1) is 6.61 Å². The van der Waals surface area contributed by atoms with Crippen LogP contribution in [-0.2, 0) is 5.41 Å². The van der Waals surface area contributed by atoms with Crippen LogP contribution in [0.3, 0.4) is 0 Å². The van der Waals surface area contributed by atoms with Crippen molar-refractivity contribution in [2.45, 2.75) is 45.4 Å². The van der Waals surface area contributed by atoms with E-state index < -0.39 is 0 Å². The molecule has 0 atom stereocenters. The average molecular weight is 255 g/mol. The highest BCUT2D eigenvalue weighted by molar-refractivity contribution is 6.17. The molecule has 2 heteroatoms. The maximum atomic E-state index is 5.65. The first kappa shape index (κ1) is 14.4. The second kappa shape index (κ2) is 6.90. The Hall–Kier alpha value is -0.690. The summed E-state index contributed by atoms with van der Waals surface area (Å²) in [4.78, 5) is 0. The summed E-state index contributed by atoms with van der Waals surface area (Å²) in [6, 6.07) is 8.46. The zero-order valence-electron chi connectivity index (χ0n) is 11.1. The zero-order chi connectivity index (χ0) is 12.7. The van der Waals surface area contributed by atoms with Crippen LogP contribution in [0.25, 0.3) is 0 Å². The van der Waals surface area contributed by atoms with Gasteiger partial charge in [0.25, 0.3) is 0 Å². The van der Waals surface area contributed by atoms with Crippen LogP contribution in [0.15, 0.2) is 24.3 Å². The van der Waals surface area contributed by atoms with Crippen molar-refractivity contribution >= 4 is 11.6 Å². The third kappa shape index (κ3) is 4.59. The van der Waals surface area contributed by atoms with Gasteiger partial charge in [0.15, 0.2) is 0 Å². The summed E-state index contributed by atoms with van der Waals surface area (Å²) in [5.41, 5.74) is 1.62. The van der Waals surface area contributed by atoms with E-state index in [9.17, 15) is 0 Å². The number of hydrogen-bond acceptors (Lipinski definition) is 1. The highest BCUT2D eigenvalue weighted by Gasteiger charge is 2.17. The van der Waals surface area contributed by atoms with Crippen LogP contribution in [-0.4, -0.2) is 12.5 Å². The monoisotopic (exact) mass is 254 g/mol. The fourth-order valence-corrected chi connectivity index (χ4v) is 1.78. The smallest absolute Gasteiger partial charge is 0.119 e. The van der Waals surface area contributed by atoms with Crippen molar-refractivity contribution < 1.29 is 4.74 Å². The minimum absolute atomic E-state index is 0.247. The van der Waals surface area contributed by atoms with Gasteiger partial charge in [-0.1, -0.05) is 32.9 Å². The lowest BCUT2D eigenvalue weighted by molar-refractivity contribution is 0.309. The number of rotatable bonds is 7. The van der Waals surface area contributed by atoms with Crippen LogP contribution < -0.4 is 4.74 Å². The van der Waals surface area contributed by atoms with Crippen molar-refractivity contribution in [3.8, 4) is 5.75 Å². The molecule has 96 valence electrons. The summed E-state index contributed by atoms with van der Waals surface area (Å²) < 4.78 is 5.65. The first-order chi connectivity index (χ1) is 8.10. The molecule has 0 heterocycles. The van der Waals surface area contributed by atoms with Crippen molar-refractivity contribution in [3.63, 3.8) is 0 Å². The fourth-order valence-electron chi connectivity index (χ4n) is 1.59. The summed E-state index contributed by atoms with van der Waals surface area (Å²) in [7, 11) is 0. The highest BCUT2D eigenvalue weighted by atomic mass is 35.5. The molecule has 0 fully saturated rings. The maximum absolute atomic E-state index is 5.65. The van der Waals surface area contributed by atoms with Crippen LogP contribution in [0.1, 0.15) is 45.6 Å². The van der Waals surface area contributed by atoms with Gasteiger partial charge in [0, 0.05) is 5.88 Å². The van der Waals surface area contributed by atoms with E-state index in [4.69, 9.17) is 16.3 Å². The second-order valence-electron chi connectivity index (χ2n) is 5.01. The lowest BCUT2D eigenvalue weighted by Gasteiger charge is -2.23. The van der Waals surface area contributed by atoms with Crippen LogP contribution >= 0.6 is 11.6 Å². The minimum Gasteiger partial charge on any atom is -0.494 e. The average Bonchev–Trinajstić information content (AvgIpc) is 2.35. The molecule has 0 aliphatic carbocycles. The van der Waals surface area contributed by atoms with Crippen LogP contribution in [0.4, 0.5) is 0 Å². The number of alkyl halides is 1. The van der Waals surface area contributed by atoms with E-state index in [1.807, 2.05) is 0 Å². The van der Waals surface area contributed by atoms with E-state index in [1.165, 1.54) is 5.56 Å². The molecule has 0 amide bonds. The highest BCUT2D eigenvalue weighted by Crippen LogP contribution is 2.28. The molecule has 1 rings (SSSR count). The summed E-state index contributed by atoms with van der Waals surface area (Å²) in [5.74, 6) is 1.67. The SMILES string of the molecule is CCC(C)(C)c1ccc(OCCCCCl)cc1. The molecule has 0 N–H and O–H groups in total. The van der Waals surface area contributed by atoms with Crippen LogP contribution in [0.5, 0.6) is 5.75 Å². The molecular weight excluding hydrogens is 232 g/mol. The Bertz CT molecular complexity index is 316. The molecular formula is C15H23ClO. The quantitative estimate of drug-likeness (QED) is 0.503. The van der Waals surface area contributed by atoms with Crippen molar-refractivity contribution in [2.24, 2.45) is 0 Å². The molecule has 1 aromatic rings. The molecule has 1 nitrogen and oxygen atoms in total. The first-order valence-electron chi connectivity index (χ1n) is 6.39. The lowest BCUT2D eigenvalue weighted by atomic mass is 9.82. The van der Waals surface area contributed by atoms with Gasteiger partial charge in [0.2, 0.25) is 0 Å². The Morgan fingerprint density at radius 1 is 1.12 bits per heavy atom. The Balaban J connectivity index is 2.50. The lowest BCUT2D eigenvalue weighted by Crippen LogP contribution is -2.15. The Morgan fingerprint density at radius 2 is 1.76 bits per heavy atom. The van der Waals surface area contributed by atoms with Crippen molar-refractivity contribution in [1.29, 1.82) is 0 Å². The maximum Gasteiger partial charge on any atom is 0.119 e. The van der Waals surface area contributed by atoms with Gasteiger partial charge < -0.3 is 4.74 Å². The van der Waals surface area contributed by atoms with E-state index in [-0.39, 0.29) is 5.41 Å². The van der Waals surface area contributed by atoms with Gasteiger partial charge in [0.1, 0.15) is 5.75 Å². The number of hydrogen-bond donors (Lipinski definition) is 0. The predicted octanol–water partition coefficient (Wildman–Crippen LogP) is 4.77. The summed E-state index contributed by atoms with van der Waals surface area (Å²) in [6.07, 6.45) is 3.18. The Morgan fingerprint density at radius 3 is 2.29 bits per heavy atom. The van der Waals surface area contributed by atoms with E-state index in [0.29, 0.717) is 5.88 Å². The topological polar surface area (TPSA) is 9.23 Å². The molecule has 0 aliphatic rings. The largest absolute Gasteiger partial charge is 0.494 e. The van der Waals surface area contributed by atoms with E-state index in [1.54, 1.807) is 0 Å². The van der Waals surface area contributed by atoms with E-state index >= 15 is 0 Å². The molecule has 0 saturated carbocycles. The molecule has 0 saturated heterocycles. The third-order valence-corrected chi connectivity index (χ3v) is 3.58. The molecule has 0 radical (unpaired) electrons. The molecule has 0 bridgehead atoms. The standard InChI is InChI=1S/C15H23ClO/c1-4-15(2,3)13-7-9-14(10-8-13)17-12-6-5-11-16/h7-10H,4-6,11-12H2,1-3H3. The van der Waals surface area contributed by atoms with Gasteiger partial charge in [-0.15, -0.1) is 11.6 Å².